The van der Waals surface area contributed by atoms with Crippen molar-refractivity contribution in [1.29, 1.82) is 0 Å². The summed E-state index contributed by atoms with van der Waals surface area (Å²) in [7, 11) is -6.61. The van der Waals surface area contributed by atoms with Crippen molar-refractivity contribution < 1.29 is 16.8 Å². The highest BCUT2D eigenvalue weighted by Gasteiger charge is 2.34. The van der Waals surface area contributed by atoms with Crippen molar-refractivity contribution in [2.24, 2.45) is 0 Å². The van der Waals surface area contributed by atoms with E-state index in [4.69, 9.17) is 0 Å². The van der Waals surface area contributed by atoms with Gasteiger partial charge in [-0.1, -0.05) is 0 Å². The quantitative estimate of drug-likeness (QED) is 0.527. The van der Waals surface area contributed by atoms with E-state index in [1.807, 2.05) is 23.4 Å². The van der Waals surface area contributed by atoms with Crippen LogP contribution < -0.4 is 4.72 Å². The van der Waals surface area contributed by atoms with Gasteiger partial charge in [0.2, 0.25) is 10.0 Å². The lowest BCUT2D eigenvalue weighted by Crippen LogP contribution is -2.49. The lowest BCUT2D eigenvalue weighted by Gasteiger charge is -2.35. The number of hydrogen-bond donors (Lipinski definition) is 2. The van der Waals surface area contributed by atoms with Crippen LogP contribution in [-0.4, -0.2) is 73.2 Å². The highest BCUT2D eigenvalue weighted by molar-refractivity contribution is 7.92. The van der Waals surface area contributed by atoms with Crippen molar-refractivity contribution in [2.45, 2.75) is 55.7 Å². The lowest BCUT2D eigenvalue weighted by molar-refractivity contribution is 0.228. The van der Waals surface area contributed by atoms with E-state index in [0.29, 0.717) is 31.8 Å². The Morgan fingerprint density at radius 2 is 1.88 bits per heavy atom. The highest BCUT2D eigenvalue weighted by atomic mass is 32.2. The molecule has 1 unspecified atom stereocenters. The zero-order valence-electron chi connectivity index (χ0n) is 19.3. The third-order valence-electron chi connectivity index (χ3n) is 7.19. The first-order valence-corrected chi connectivity index (χ1v) is 15.4. The molecule has 2 aliphatic rings. The Balaban J connectivity index is 1.27. The van der Waals surface area contributed by atoms with E-state index in [-0.39, 0.29) is 17.2 Å². The van der Waals surface area contributed by atoms with Gasteiger partial charge in [-0.3, -0.25) is 4.90 Å². The van der Waals surface area contributed by atoms with Crippen LogP contribution in [0.25, 0.3) is 21.9 Å². The second-order valence-corrected chi connectivity index (χ2v) is 13.8. The summed E-state index contributed by atoms with van der Waals surface area (Å²) in [5.74, 6) is 0.293. The minimum Gasteiger partial charge on any atom is -0.360 e. The topological polar surface area (TPSA) is 125 Å². The first kappa shape index (κ1) is 23.7. The molecule has 184 valence electrons. The molecule has 34 heavy (non-hydrogen) atoms. The maximum Gasteiger partial charge on any atom is 0.208 e. The second kappa shape index (κ2) is 9.18. The molecule has 0 aromatic carbocycles. The zero-order valence-corrected chi connectivity index (χ0v) is 20.9. The van der Waals surface area contributed by atoms with Crippen molar-refractivity contribution >= 4 is 41.8 Å². The molecule has 0 radical (unpaired) electrons. The summed E-state index contributed by atoms with van der Waals surface area (Å²) in [4.78, 5) is 13.9. The molecule has 11 heteroatoms. The first-order valence-electron chi connectivity index (χ1n) is 11.8. The van der Waals surface area contributed by atoms with E-state index < -0.39 is 19.9 Å². The zero-order chi connectivity index (χ0) is 23.9. The second-order valence-electron chi connectivity index (χ2n) is 9.73. The van der Waals surface area contributed by atoms with Crippen LogP contribution in [0.2, 0.25) is 0 Å². The smallest absolute Gasteiger partial charge is 0.208 e. The summed E-state index contributed by atoms with van der Waals surface area (Å²) < 4.78 is 52.2. The SMILES string of the molecule is CS(=O)(=O)NC1CCCN(CS(=O)(=O)C2CCC(c3cc[nH]c4cnc5nccc5c34)CC2)C1. The van der Waals surface area contributed by atoms with Gasteiger partial charge in [0.05, 0.1) is 23.2 Å². The predicted octanol–water partition coefficient (Wildman–Crippen LogP) is 2.52. The van der Waals surface area contributed by atoms with Crippen LogP contribution >= 0.6 is 0 Å². The van der Waals surface area contributed by atoms with Crippen LogP contribution in [0.4, 0.5) is 0 Å². The fourth-order valence-corrected chi connectivity index (χ4v) is 8.43. The van der Waals surface area contributed by atoms with E-state index in [0.717, 1.165) is 53.9 Å². The van der Waals surface area contributed by atoms with E-state index >= 15 is 0 Å². The van der Waals surface area contributed by atoms with Gasteiger partial charge in [-0.05, 0) is 68.7 Å². The molecule has 3 aromatic heterocycles. The fourth-order valence-electron chi connectivity index (χ4n) is 5.69. The van der Waals surface area contributed by atoms with Gasteiger partial charge in [0, 0.05) is 35.8 Å². The maximum atomic E-state index is 13.2. The molecule has 9 nitrogen and oxygen atoms in total. The molecule has 1 atom stereocenters. The molecule has 0 spiro atoms. The molecule has 3 aromatic rings. The molecular weight excluding hydrogens is 474 g/mol. The van der Waals surface area contributed by atoms with Crippen LogP contribution in [0.15, 0.2) is 30.7 Å². The molecule has 2 N–H and O–H groups in total. The fraction of sp³-hybridized carbons (Fsp3) is 0.565. The summed E-state index contributed by atoms with van der Waals surface area (Å²) in [6.07, 6.45) is 11.1. The molecular formula is C23H31N5O4S2. The third kappa shape index (κ3) is 4.98. The van der Waals surface area contributed by atoms with Gasteiger partial charge >= 0.3 is 0 Å². The third-order valence-corrected chi connectivity index (χ3v) is 10.2. The van der Waals surface area contributed by atoms with E-state index in [9.17, 15) is 16.8 Å². The molecule has 0 amide bonds. The summed E-state index contributed by atoms with van der Waals surface area (Å²) >= 11 is 0. The van der Waals surface area contributed by atoms with E-state index in [2.05, 4.69) is 25.7 Å². The van der Waals surface area contributed by atoms with Gasteiger partial charge in [0.25, 0.3) is 0 Å². The van der Waals surface area contributed by atoms with Crippen molar-refractivity contribution in [2.75, 3.05) is 25.2 Å². The van der Waals surface area contributed by atoms with Crippen molar-refractivity contribution in [3.05, 3.63) is 36.3 Å². The minimum atomic E-state index is -3.31. The Morgan fingerprint density at radius 1 is 1.09 bits per heavy atom. The van der Waals surface area contributed by atoms with Crippen LogP contribution in [0.5, 0.6) is 0 Å². The molecule has 2 fully saturated rings. The first-order chi connectivity index (χ1) is 16.2. The highest BCUT2D eigenvalue weighted by Crippen LogP contribution is 2.39. The van der Waals surface area contributed by atoms with Crippen molar-refractivity contribution in [3.63, 3.8) is 0 Å². The molecule has 1 saturated heterocycles. The number of H-pyrrole nitrogens is 1. The molecule has 4 heterocycles. The monoisotopic (exact) mass is 505 g/mol. The summed E-state index contributed by atoms with van der Waals surface area (Å²) in [6.45, 7) is 1.12. The number of likely N-dealkylation sites (tertiary alicyclic amines) is 1. The summed E-state index contributed by atoms with van der Waals surface area (Å²) in [5.41, 5.74) is 2.93. The Morgan fingerprint density at radius 3 is 2.65 bits per heavy atom. The van der Waals surface area contributed by atoms with Gasteiger partial charge in [0.15, 0.2) is 15.5 Å². The Bertz CT molecular complexity index is 1400. The number of hydrogen-bond acceptors (Lipinski definition) is 7. The molecule has 5 rings (SSSR count). The van der Waals surface area contributed by atoms with Crippen LogP contribution in [0.1, 0.15) is 50.0 Å². The largest absolute Gasteiger partial charge is 0.360 e. The maximum absolute atomic E-state index is 13.2. The molecule has 1 aliphatic heterocycles. The number of aromatic nitrogens is 3. The van der Waals surface area contributed by atoms with E-state index in [1.54, 1.807) is 6.20 Å². The summed E-state index contributed by atoms with van der Waals surface area (Å²) in [6, 6.07) is 3.87. The number of rotatable bonds is 6. The van der Waals surface area contributed by atoms with Crippen molar-refractivity contribution in [1.82, 2.24) is 24.6 Å². The predicted molar refractivity (Wildman–Crippen MR) is 133 cm³/mol. The Hall–Kier alpha value is -2.08. The normalized spacial score (nSPS) is 25.1. The van der Waals surface area contributed by atoms with Crippen molar-refractivity contribution in [3.8, 4) is 0 Å². The number of pyridine rings is 2. The average molecular weight is 506 g/mol. The van der Waals surface area contributed by atoms with Crippen LogP contribution in [0.3, 0.4) is 0 Å². The summed E-state index contributed by atoms with van der Waals surface area (Å²) in [5, 5.41) is 1.81. The Kier molecular flexibility index (Phi) is 6.38. The van der Waals surface area contributed by atoms with Gasteiger partial charge in [0.1, 0.15) is 5.88 Å². The average Bonchev–Trinajstić information content (AvgIpc) is 3.27. The van der Waals surface area contributed by atoms with Gasteiger partial charge in [-0.15, -0.1) is 0 Å². The van der Waals surface area contributed by atoms with Crippen LogP contribution in [-0.2, 0) is 19.9 Å². The number of fused-ring (bicyclic) bond motifs is 3. The molecule has 1 saturated carbocycles. The number of piperidine rings is 1. The molecule has 1 aliphatic carbocycles. The molecule has 0 bridgehead atoms. The van der Waals surface area contributed by atoms with Gasteiger partial charge in [-0.25, -0.2) is 31.5 Å². The Labute approximate surface area is 200 Å². The number of sulfonamides is 1. The van der Waals surface area contributed by atoms with Crippen LogP contribution in [0, 0.1) is 0 Å². The van der Waals surface area contributed by atoms with Gasteiger partial charge < -0.3 is 4.98 Å². The lowest BCUT2D eigenvalue weighted by atomic mass is 9.82. The van der Waals surface area contributed by atoms with Gasteiger partial charge in [-0.2, -0.15) is 0 Å². The number of nitrogens with zero attached hydrogens (tertiary/aromatic N) is 3. The minimum absolute atomic E-state index is 0.00101. The number of sulfone groups is 1. The number of nitrogens with one attached hydrogen (secondary N) is 2. The standard InChI is InChI=1S/C23H31N5O4S2/c1-33(29,30)27-17-3-2-12-28(14-17)15-34(31,32)18-6-4-16(5-7-18)19-8-10-24-21-13-26-23-20(22(19)21)9-11-25-23/h8-11,13,16-18,24,27H,2-7,12,14-15H2,1H3. The van der Waals surface area contributed by atoms with E-state index in [1.165, 1.54) is 5.56 Å². The number of aromatic amines is 1.